The van der Waals surface area contributed by atoms with Crippen molar-refractivity contribution in [2.75, 3.05) is 20.1 Å². The van der Waals surface area contributed by atoms with Gasteiger partial charge in [0.25, 0.3) is 0 Å². The van der Waals surface area contributed by atoms with Gasteiger partial charge >= 0.3 is 0 Å². The fraction of sp³-hybridized carbons (Fsp3) is 0.706. The van der Waals surface area contributed by atoms with Crippen LogP contribution in [-0.2, 0) is 0 Å². The van der Waals surface area contributed by atoms with Crippen LogP contribution in [0.5, 0.6) is 0 Å². The number of pyridine rings is 1. The van der Waals surface area contributed by atoms with Gasteiger partial charge in [-0.05, 0) is 37.9 Å². The summed E-state index contributed by atoms with van der Waals surface area (Å²) < 4.78 is 12.9. The molecule has 1 aliphatic carbocycles. The highest BCUT2D eigenvalue weighted by Gasteiger charge is 2.21. The van der Waals surface area contributed by atoms with E-state index in [4.69, 9.17) is 0 Å². The molecule has 1 heterocycles. The number of aromatic nitrogens is 1. The van der Waals surface area contributed by atoms with Gasteiger partial charge in [-0.15, -0.1) is 0 Å². The van der Waals surface area contributed by atoms with Crippen LogP contribution in [0.25, 0.3) is 0 Å². The molecule has 0 bridgehead atoms. The largest absolute Gasteiger partial charge is 0.386 e. The van der Waals surface area contributed by atoms with Gasteiger partial charge in [-0.2, -0.15) is 0 Å². The lowest BCUT2D eigenvalue weighted by Gasteiger charge is -2.30. The van der Waals surface area contributed by atoms with Gasteiger partial charge in [0.15, 0.2) is 0 Å². The Morgan fingerprint density at radius 3 is 2.67 bits per heavy atom. The summed E-state index contributed by atoms with van der Waals surface area (Å²) in [6.45, 7) is 3.96. The highest BCUT2D eigenvalue weighted by molar-refractivity contribution is 5.08. The van der Waals surface area contributed by atoms with Crippen molar-refractivity contribution >= 4 is 0 Å². The van der Waals surface area contributed by atoms with Gasteiger partial charge in [0.1, 0.15) is 5.82 Å². The molecule has 1 N–H and O–H groups in total. The van der Waals surface area contributed by atoms with Crippen LogP contribution in [0.3, 0.4) is 0 Å². The van der Waals surface area contributed by atoms with E-state index >= 15 is 0 Å². The molecule has 0 aliphatic heterocycles. The zero-order valence-electron chi connectivity index (χ0n) is 13.1. The molecule has 2 atom stereocenters. The highest BCUT2D eigenvalue weighted by Crippen LogP contribution is 2.25. The average molecular weight is 294 g/mol. The zero-order valence-corrected chi connectivity index (χ0v) is 13.1. The number of rotatable bonds is 6. The van der Waals surface area contributed by atoms with E-state index in [2.05, 4.69) is 16.9 Å². The zero-order chi connectivity index (χ0) is 15.2. The second-order valence-corrected chi connectivity index (χ2v) is 6.55. The maximum atomic E-state index is 12.9. The molecule has 1 aliphatic rings. The third-order valence-corrected chi connectivity index (χ3v) is 4.49. The summed E-state index contributed by atoms with van der Waals surface area (Å²) in [6.07, 6.45) is 7.29. The molecule has 0 aromatic carbocycles. The molecule has 2 unspecified atom stereocenters. The standard InChI is InChI=1S/C17H27FN2O/c1-13(17(21)16-9-8-15(18)10-19-16)11-20(2)12-14-6-4-3-5-7-14/h8-10,13-14,17,21H,3-7,11-12H2,1-2H3. The summed E-state index contributed by atoms with van der Waals surface area (Å²) in [7, 11) is 2.12. The van der Waals surface area contributed by atoms with Gasteiger partial charge in [0.2, 0.25) is 0 Å². The minimum atomic E-state index is -0.639. The van der Waals surface area contributed by atoms with Crippen LogP contribution in [0.2, 0.25) is 0 Å². The molecular weight excluding hydrogens is 267 g/mol. The topological polar surface area (TPSA) is 36.4 Å². The van der Waals surface area contributed by atoms with E-state index in [-0.39, 0.29) is 11.7 Å². The van der Waals surface area contributed by atoms with E-state index < -0.39 is 6.10 Å². The number of hydrogen-bond donors (Lipinski definition) is 1. The Morgan fingerprint density at radius 1 is 1.33 bits per heavy atom. The summed E-state index contributed by atoms with van der Waals surface area (Å²) in [5.41, 5.74) is 0.551. The Hall–Kier alpha value is -1.00. The molecule has 0 amide bonds. The van der Waals surface area contributed by atoms with Crippen molar-refractivity contribution in [3.05, 3.63) is 29.8 Å². The van der Waals surface area contributed by atoms with Crippen LogP contribution < -0.4 is 0 Å². The first-order chi connectivity index (χ1) is 10.1. The number of aliphatic hydroxyl groups excluding tert-OH is 1. The summed E-state index contributed by atoms with van der Waals surface area (Å²) >= 11 is 0. The van der Waals surface area contributed by atoms with Crippen molar-refractivity contribution in [2.24, 2.45) is 11.8 Å². The summed E-state index contributed by atoms with van der Waals surface area (Å²) in [5.74, 6) is 0.515. The fourth-order valence-electron chi connectivity index (χ4n) is 3.33. The number of hydrogen-bond acceptors (Lipinski definition) is 3. The van der Waals surface area contributed by atoms with Crippen molar-refractivity contribution in [1.29, 1.82) is 0 Å². The van der Waals surface area contributed by atoms with E-state index in [0.717, 1.165) is 25.2 Å². The lowest BCUT2D eigenvalue weighted by Crippen LogP contribution is -2.32. The first kappa shape index (κ1) is 16.4. The van der Waals surface area contributed by atoms with E-state index in [0.29, 0.717) is 5.69 Å². The smallest absolute Gasteiger partial charge is 0.141 e. The van der Waals surface area contributed by atoms with Crippen LogP contribution in [0.15, 0.2) is 18.3 Å². The van der Waals surface area contributed by atoms with Crippen molar-refractivity contribution < 1.29 is 9.50 Å². The highest BCUT2D eigenvalue weighted by atomic mass is 19.1. The molecule has 1 saturated carbocycles. The van der Waals surface area contributed by atoms with E-state index in [1.54, 1.807) is 6.07 Å². The number of nitrogens with zero attached hydrogens (tertiary/aromatic N) is 2. The van der Waals surface area contributed by atoms with E-state index in [9.17, 15) is 9.50 Å². The molecular formula is C17H27FN2O. The fourth-order valence-corrected chi connectivity index (χ4v) is 3.33. The third kappa shape index (κ3) is 5.04. The van der Waals surface area contributed by atoms with Gasteiger partial charge in [-0.1, -0.05) is 26.2 Å². The average Bonchev–Trinajstić information content (AvgIpc) is 2.48. The minimum Gasteiger partial charge on any atom is -0.386 e. The number of halogens is 1. The summed E-state index contributed by atoms with van der Waals surface area (Å²) in [5, 5.41) is 10.3. The first-order valence-corrected chi connectivity index (χ1v) is 8.04. The van der Waals surface area contributed by atoms with Gasteiger partial charge < -0.3 is 10.0 Å². The molecule has 1 aromatic heterocycles. The lowest BCUT2D eigenvalue weighted by molar-refractivity contribution is 0.0852. The second kappa shape index (κ2) is 7.85. The SMILES string of the molecule is CC(CN(C)CC1CCCCC1)C(O)c1ccc(F)cn1. The van der Waals surface area contributed by atoms with Crippen molar-refractivity contribution in [3.8, 4) is 0 Å². The van der Waals surface area contributed by atoms with Crippen LogP contribution >= 0.6 is 0 Å². The van der Waals surface area contributed by atoms with Gasteiger partial charge in [0.05, 0.1) is 18.0 Å². The van der Waals surface area contributed by atoms with Crippen LogP contribution in [0.1, 0.15) is 50.8 Å². The van der Waals surface area contributed by atoms with Crippen molar-refractivity contribution in [3.63, 3.8) is 0 Å². The molecule has 3 nitrogen and oxygen atoms in total. The molecule has 4 heteroatoms. The maximum Gasteiger partial charge on any atom is 0.141 e. The monoisotopic (exact) mass is 294 g/mol. The normalized spacial score (nSPS) is 19.7. The minimum absolute atomic E-state index is 0.0801. The van der Waals surface area contributed by atoms with Gasteiger partial charge in [-0.3, -0.25) is 4.98 Å². The first-order valence-electron chi connectivity index (χ1n) is 8.04. The Labute approximate surface area is 127 Å². The molecule has 21 heavy (non-hydrogen) atoms. The Morgan fingerprint density at radius 2 is 2.05 bits per heavy atom. The van der Waals surface area contributed by atoms with Crippen molar-refractivity contribution in [1.82, 2.24) is 9.88 Å². The van der Waals surface area contributed by atoms with Crippen LogP contribution in [0.4, 0.5) is 4.39 Å². The molecule has 1 fully saturated rings. The Balaban J connectivity index is 1.81. The van der Waals surface area contributed by atoms with Crippen LogP contribution in [-0.4, -0.2) is 35.1 Å². The van der Waals surface area contributed by atoms with Gasteiger partial charge in [0, 0.05) is 19.0 Å². The second-order valence-electron chi connectivity index (χ2n) is 6.55. The summed E-state index contributed by atoms with van der Waals surface area (Å²) in [6, 6.07) is 2.92. The van der Waals surface area contributed by atoms with Crippen molar-refractivity contribution in [2.45, 2.75) is 45.1 Å². The lowest BCUT2D eigenvalue weighted by atomic mass is 9.88. The predicted molar refractivity (Wildman–Crippen MR) is 82.4 cm³/mol. The Bertz CT molecular complexity index is 417. The van der Waals surface area contributed by atoms with E-state index in [1.807, 2.05) is 6.92 Å². The molecule has 0 saturated heterocycles. The predicted octanol–water partition coefficient (Wildman–Crippen LogP) is 3.40. The van der Waals surface area contributed by atoms with Crippen LogP contribution in [0, 0.1) is 17.7 Å². The third-order valence-electron chi connectivity index (χ3n) is 4.49. The maximum absolute atomic E-state index is 12.9. The van der Waals surface area contributed by atoms with Gasteiger partial charge in [-0.25, -0.2) is 4.39 Å². The number of aliphatic hydroxyl groups is 1. The molecule has 2 rings (SSSR count). The molecule has 1 aromatic rings. The Kier molecular flexibility index (Phi) is 6.12. The van der Waals surface area contributed by atoms with E-state index in [1.165, 1.54) is 38.2 Å². The quantitative estimate of drug-likeness (QED) is 0.873. The molecule has 118 valence electrons. The molecule has 0 spiro atoms. The summed E-state index contributed by atoms with van der Waals surface area (Å²) in [4.78, 5) is 6.29. The molecule has 0 radical (unpaired) electrons.